The van der Waals surface area contributed by atoms with Gasteiger partial charge in [-0.1, -0.05) is 0 Å². The number of hydrogen-bond donors (Lipinski definition) is 3. The fourth-order valence-electron chi connectivity index (χ4n) is 0. The summed E-state index contributed by atoms with van der Waals surface area (Å²) in [6, 6.07) is 0. The molecular formula is H3NO6S. The fourth-order valence-corrected chi connectivity index (χ4v) is 0. The number of hydrogen-bond acceptors (Lipinski definition) is 4. The van der Waals surface area contributed by atoms with E-state index < -0.39 is 10.4 Å². The molecule has 0 saturated carbocycles. The average Bonchev–Trinajstić information content (AvgIpc) is 1.27. The zero-order valence-corrected chi connectivity index (χ0v) is 4.24. The van der Waals surface area contributed by atoms with Crippen LogP contribution >= 0.6 is 0 Å². The molecule has 0 heterocycles. The molecule has 0 fully saturated rings. The van der Waals surface area contributed by atoms with Crippen molar-refractivity contribution in [2.45, 2.75) is 0 Å². The van der Waals surface area contributed by atoms with E-state index in [0.29, 0.717) is 0 Å². The van der Waals surface area contributed by atoms with Gasteiger partial charge in [-0.05, 0) is 0 Å². The summed E-state index contributed by atoms with van der Waals surface area (Å²) in [5, 5.41) is 7.89. The topological polar surface area (TPSA) is 124 Å². The Labute approximate surface area is 44.5 Å². The van der Waals surface area contributed by atoms with Gasteiger partial charge in [-0.15, -0.1) is 4.91 Å². The summed E-state index contributed by atoms with van der Waals surface area (Å²) in [5.41, 5.74) is 0. The lowest BCUT2D eigenvalue weighted by atomic mass is 13.4. The van der Waals surface area contributed by atoms with Gasteiger partial charge >= 0.3 is 10.4 Å². The first-order valence-corrected chi connectivity index (χ1v) is 2.48. The molecule has 0 saturated heterocycles. The molecule has 0 aromatic carbocycles. The van der Waals surface area contributed by atoms with Crippen LogP contribution in [0.4, 0.5) is 0 Å². The average molecular weight is 145 g/mol. The van der Waals surface area contributed by atoms with Crippen LogP contribution in [0.5, 0.6) is 0 Å². The fraction of sp³-hybridized carbons (Fsp3) is 0. The first-order chi connectivity index (χ1) is 3.41. The predicted octanol–water partition coefficient (Wildman–Crippen LogP) is -0.511. The van der Waals surface area contributed by atoms with E-state index in [1.54, 1.807) is 0 Å². The lowest BCUT2D eigenvalue weighted by molar-refractivity contribution is 0.312. The van der Waals surface area contributed by atoms with Gasteiger partial charge < -0.3 is 5.21 Å². The third-order valence-corrected chi connectivity index (χ3v) is 0. The van der Waals surface area contributed by atoms with Gasteiger partial charge in [-0.25, -0.2) is 0 Å². The largest absolute Gasteiger partial charge is 0.394 e. The molecule has 0 aliphatic heterocycles. The van der Waals surface area contributed by atoms with Crippen molar-refractivity contribution in [3.8, 4) is 0 Å². The standard InChI is InChI=1S/HNO2.H2O4S/c2-1-3;1-5(2,3)4/h(H,2,3);(H2,1,2,3,4). The maximum Gasteiger partial charge on any atom is 0.394 e. The van der Waals surface area contributed by atoms with Crippen molar-refractivity contribution in [1.29, 1.82) is 0 Å². The molecule has 0 radical (unpaired) electrons. The minimum absolute atomic E-state index is 1.25. The molecular weight excluding hydrogens is 142 g/mol. The van der Waals surface area contributed by atoms with Gasteiger partial charge in [0.25, 0.3) is 0 Å². The quantitative estimate of drug-likeness (QED) is 0.239. The van der Waals surface area contributed by atoms with Gasteiger partial charge in [0, 0.05) is 0 Å². The van der Waals surface area contributed by atoms with Crippen LogP contribution in [-0.4, -0.2) is 22.7 Å². The summed E-state index contributed by atoms with van der Waals surface area (Å²) in [5.74, 6) is 0. The van der Waals surface area contributed by atoms with Crippen LogP contribution in [0.1, 0.15) is 0 Å². The second kappa shape index (κ2) is 4.43. The number of nitrogens with zero attached hydrogens (tertiary/aromatic N) is 1. The SMILES string of the molecule is O=NO.O=S(=O)(O)O. The van der Waals surface area contributed by atoms with Gasteiger partial charge in [0.2, 0.25) is 0 Å². The van der Waals surface area contributed by atoms with Crippen LogP contribution in [0.2, 0.25) is 0 Å². The third kappa shape index (κ3) is 180. The highest BCUT2D eigenvalue weighted by Crippen LogP contribution is 1.59. The highest BCUT2D eigenvalue weighted by Gasteiger charge is 1.84. The summed E-state index contributed by atoms with van der Waals surface area (Å²) in [7, 11) is -4.67. The van der Waals surface area contributed by atoms with Gasteiger partial charge in [-0.2, -0.15) is 8.42 Å². The normalized spacial score (nSPS) is 8.75. The van der Waals surface area contributed by atoms with Crippen LogP contribution in [-0.2, 0) is 10.4 Å². The smallest absolute Gasteiger partial charge is 0.379 e. The maximum absolute atomic E-state index is 8.74. The Kier molecular flexibility index (Phi) is 5.70. The van der Waals surface area contributed by atoms with Crippen LogP contribution in [0.15, 0.2) is 5.34 Å². The van der Waals surface area contributed by atoms with Crippen molar-refractivity contribution in [2.24, 2.45) is 5.34 Å². The summed E-state index contributed by atoms with van der Waals surface area (Å²) in [6.07, 6.45) is 0. The van der Waals surface area contributed by atoms with E-state index in [9.17, 15) is 0 Å². The Balaban J connectivity index is 0. The molecule has 0 bridgehead atoms. The predicted molar refractivity (Wildman–Crippen MR) is 21.8 cm³/mol. The highest BCUT2D eigenvalue weighted by atomic mass is 32.3. The second-order valence-electron chi connectivity index (χ2n) is 0.529. The highest BCUT2D eigenvalue weighted by molar-refractivity contribution is 7.79. The molecule has 0 rings (SSSR count). The zero-order valence-electron chi connectivity index (χ0n) is 3.42. The Bertz CT molecular complexity index is 123. The summed E-state index contributed by atoms with van der Waals surface area (Å²) in [6.45, 7) is 0. The Morgan fingerprint density at radius 3 is 1.25 bits per heavy atom. The third-order valence-electron chi connectivity index (χ3n) is 0. The van der Waals surface area contributed by atoms with Crippen molar-refractivity contribution in [1.82, 2.24) is 0 Å². The minimum atomic E-state index is -4.67. The van der Waals surface area contributed by atoms with Crippen LogP contribution in [0.25, 0.3) is 0 Å². The van der Waals surface area contributed by atoms with Crippen molar-refractivity contribution in [3.63, 3.8) is 0 Å². The molecule has 0 aliphatic carbocycles. The van der Waals surface area contributed by atoms with E-state index in [2.05, 4.69) is 0 Å². The van der Waals surface area contributed by atoms with E-state index in [1.165, 1.54) is 5.34 Å². The van der Waals surface area contributed by atoms with Crippen molar-refractivity contribution in [2.75, 3.05) is 0 Å². The second-order valence-corrected chi connectivity index (χ2v) is 1.43. The molecule has 3 N–H and O–H groups in total. The van der Waals surface area contributed by atoms with E-state index in [0.717, 1.165) is 0 Å². The minimum Gasteiger partial charge on any atom is -0.379 e. The summed E-state index contributed by atoms with van der Waals surface area (Å²) < 4.78 is 31.6. The first-order valence-electron chi connectivity index (χ1n) is 1.08. The molecule has 0 aromatic rings. The van der Waals surface area contributed by atoms with Crippen molar-refractivity contribution < 1.29 is 22.7 Å². The monoisotopic (exact) mass is 145 g/mol. The molecule has 0 aliphatic rings. The maximum atomic E-state index is 8.74. The van der Waals surface area contributed by atoms with Crippen LogP contribution < -0.4 is 0 Å². The lowest BCUT2D eigenvalue weighted by Crippen LogP contribution is -1.89. The van der Waals surface area contributed by atoms with Crippen molar-refractivity contribution in [3.05, 3.63) is 4.91 Å². The van der Waals surface area contributed by atoms with E-state index >= 15 is 0 Å². The number of rotatable bonds is 0. The lowest BCUT2D eigenvalue weighted by Gasteiger charge is -1.68. The van der Waals surface area contributed by atoms with Gasteiger partial charge in [0.1, 0.15) is 0 Å². The molecule has 50 valence electrons. The molecule has 0 atom stereocenters. The molecule has 8 heteroatoms. The Morgan fingerprint density at radius 2 is 1.25 bits per heavy atom. The Hall–Kier alpha value is -0.730. The van der Waals surface area contributed by atoms with E-state index in [1.807, 2.05) is 0 Å². The molecule has 0 aromatic heterocycles. The summed E-state index contributed by atoms with van der Waals surface area (Å²) >= 11 is 0. The van der Waals surface area contributed by atoms with Crippen molar-refractivity contribution >= 4 is 10.4 Å². The van der Waals surface area contributed by atoms with Crippen LogP contribution in [0, 0.1) is 4.91 Å². The molecule has 0 unspecified atom stereocenters. The van der Waals surface area contributed by atoms with E-state index in [4.69, 9.17) is 27.6 Å². The molecule has 0 amide bonds. The molecule has 7 nitrogen and oxygen atoms in total. The molecule has 8 heavy (non-hydrogen) atoms. The zero-order chi connectivity index (χ0) is 7.21. The molecule has 0 spiro atoms. The van der Waals surface area contributed by atoms with Gasteiger partial charge in [0.05, 0.1) is 0 Å². The van der Waals surface area contributed by atoms with Crippen LogP contribution in [0.3, 0.4) is 0 Å². The summed E-state index contributed by atoms with van der Waals surface area (Å²) in [4.78, 5) is 8.11. The van der Waals surface area contributed by atoms with E-state index in [-0.39, 0.29) is 0 Å². The first kappa shape index (κ1) is 10.3. The van der Waals surface area contributed by atoms with Gasteiger partial charge in [0.15, 0.2) is 5.34 Å². The Morgan fingerprint density at radius 1 is 1.25 bits per heavy atom. The van der Waals surface area contributed by atoms with Gasteiger partial charge in [-0.3, -0.25) is 9.11 Å².